The van der Waals surface area contributed by atoms with Gasteiger partial charge < -0.3 is 10.5 Å². The number of nitrogens with zero attached hydrogens (tertiary/aromatic N) is 2. The number of rotatable bonds is 1. The summed E-state index contributed by atoms with van der Waals surface area (Å²) in [5, 5.41) is 10.4. The molecule has 2 heterocycles. The lowest BCUT2D eigenvalue weighted by Gasteiger charge is -2.27. The van der Waals surface area contributed by atoms with Crippen LogP contribution in [0.1, 0.15) is 17.0 Å². The molecule has 0 unspecified atom stereocenters. The summed E-state index contributed by atoms with van der Waals surface area (Å²) in [6.07, 6.45) is 1.69. The van der Waals surface area contributed by atoms with Crippen molar-refractivity contribution in [1.29, 1.82) is 5.26 Å². The molecular weight excluding hydrogens is 305 g/mol. The summed E-state index contributed by atoms with van der Waals surface area (Å²) in [6, 6.07) is 15.7. The van der Waals surface area contributed by atoms with Gasteiger partial charge in [-0.25, -0.2) is 4.39 Å². The Morgan fingerprint density at radius 1 is 1.12 bits per heavy atom. The van der Waals surface area contributed by atoms with Gasteiger partial charge in [-0.1, -0.05) is 24.3 Å². The molecule has 24 heavy (non-hydrogen) atoms. The number of allylic oxidation sites excluding steroid dienone is 1. The number of aromatic nitrogens is 1. The summed E-state index contributed by atoms with van der Waals surface area (Å²) >= 11 is 0. The maximum absolute atomic E-state index is 14.5. The Labute approximate surface area is 137 Å². The van der Waals surface area contributed by atoms with Crippen LogP contribution in [-0.2, 0) is 0 Å². The highest BCUT2D eigenvalue weighted by Crippen LogP contribution is 2.45. The van der Waals surface area contributed by atoms with Gasteiger partial charge in [-0.05, 0) is 24.3 Å². The van der Waals surface area contributed by atoms with Crippen molar-refractivity contribution in [2.24, 2.45) is 5.73 Å². The Bertz CT molecular complexity index is 1040. The summed E-state index contributed by atoms with van der Waals surface area (Å²) in [5.74, 6) is -0.508. The minimum atomic E-state index is -0.632. The Balaban J connectivity index is 2.10. The second-order valence-electron chi connectivity index (χ2n) is 5.49. The Kier molecular flexibility index (Phi) is 3.17. The summed E-state index contributed by atoms with van der Waals surface area (Å²) < 4.78 is 20.1. The van der Waals surface area contributed by atoms with Crippen LogP contribution in [0.15, 0.2) is 66.2 Å². The first-order valence-electron chi connectivity index (χ1n) is 7.40. The van der Waals surface area contributed by atoms with Gasteiger partial charge in [0.25, 0.3) is 0 Å². The molecule has 0 aliphatic carbocycles. The standard InChI is InChI=1S/C19H12FN3O/c20-14-6-2-1-4-11(14)17-13(10-21)19(22)24-16-8-7-15-12(18(16)17)5-3-9-23-15/h1-9,17H,22H2/t17-/m0/s1. The lowest BCUT2D eigenvalue weighted by molar-refractivity contribution is 0.394. The van der Waals surface area contributed by atoms with Gasteiger partial charge in [-0.2, -0.15) is 5.26 Å². The number of fused-ring (bicyclic) bond motifs is 3. The molecule has 2 N–H and O–H groups in total. The third kappa shape index (κ3) is 2.01. The number of halogens is 1. The van der Waals surface area contributed by atoms with Crippen molar-refractivity contribution in [2.45, 2.75) is 5.92 Å². The molecule has 0 saturated heterocycles. The van der Waals surface area contributed by atoms with Gasteiger partial charge in [0.15, 0.2) is 0 Å². The second kappa shape index (κ2) is 5.36. The first-order valence-corrected chi connectivity index (χ1v) is 7.40. The quantitative estimate of drug-likeness (QED) is 0.744. The van der Waals surface area contributed by atoms with E-state index in [1.165, 1.54) is 6.07 Å². The predicted octanol–water partition coefficient (Wildman–Crippen LogP) is 3.59. The number of hydrogen-bond donors (Lipinski definition) is 1. The van der Waals surface area contributed by atoms with E-state index in [2.05, 4.69) is 11.1 Å². The molecule has 0 saturated carbocycles. The molecular formula is C19H12FN3O. The molecule has 5 heteroatoms. The molecule has 0 spiro atoms. The average molecular weight is 317 g/mol. The molecule has 1 aliphatic heterocycles. The van der Waals surface area contributed by atoms with Crippen molar-refractivity contribution >= 4 is 10.9 Å². The minimum Gasteiger partial charge on any atom is -0.440 e. The van der Waals surface area contributed by atoms with Gasteiger partial charge >= 0.3 is 0 Å². The molecule has 1 aliphatic rings. The van der Waals surface area contributed by atoms with E-state index in [4.69, 9.17) is 10.5 Å². The lowest BCUT2D eigenvalue weighted by atomic mass is 9.81. The number of nitrogens with two attached hydrogens (primary N) is 1. The van der Waals surface area contributed by atoms with Crippen molar-refractivity contribution < 1.29 is 9.13 Å². The number of nitriles is 1. The molecule has 0 amide bonds. The van der Waals surface area contributed by atoms with E-state index in [0.29, 0.717) is 16.9 Å². The zero-order valence-electron chi connectivity index (χ0n) is 12.5. The summed E-state index contributed by atoms with van der Waals surface area (Å²) in [5.41, 5.74) is 7.96. The van der Waals surface area contributed by atoms with E-state index in [9.17, 15) is 9.65 Å². The number of hydrogen-bond acceptors (Lipinski definition) is 4. The van der Waals surface area contributed by atoms with E-state index in [1.54, 1.807) is 36.5 Å². The molecule has 2 aromatic carbocycles. The summed E-state index contributed by atoms with van der Waals surface area (Å²) in [4.78, 5) is 4.33. The molecule has 1 atom stereocenters. The van der Waals surface area contributed by atoms with Gasteiger partial charge in [0, 0.05) is 22.7 Å². The molecule has 4 rings (SSSR count). The highest BCUT2D eigenvalue weighted by molar-refractivity contribution is 5.87. The fourth-order valence-corrected chi connectivity index (χ4v) is 3.14. The van der Waals surface area contributed by atoms with Crippen LogP contribution in [0.25, 0.3) is 10.9 Å². The Morgan fingerprint density at radius 3 is 2.75 bits per heavy atom. The highest BCUT2D eigenvalue weighted by atomic mass is 19.1. The van der Waals surface area contributed by atoms with Crippen LogP contribution in [-0.4, -0.2) is 4.98 Å². The van der Waals surface area contributed by atoms with Crippen LogP contribution in [0.4, 0.5) is 4.39 Å². The van der Waals surface area contributed by atoms with E-state index in [0.717, 1.165) is 10.9 Å². The number of ether oxygens (including phenoxy) is 1. The van der Waals surface area contributed by atoms with Gasteiger partial charge in [0.2, 0.25) is 5.88 Å². The topological polar surface area (TPSA) is 71.9 Å². The highest BCUT2D eigenvalue weighted by Gasteiger charge is 2.33. The van der Waals surface area contributed by atoms with Gasteiger partial charge in [-0.3, -0.25) is 4.98 Å². The first kappa shape index (κ1) is 14.2. The Morgan fingerprint density at radius 2 is 1.96 bits per heavy atom. The van der Waals surface area contributed by atoms with Crippen molar-refractivity contribution in [3.05, 3.63) is 83.1 Å². The normalized spacial score (nSPS) is 16.4. The minimum absolute atomic E-state index is 0.00138. The fourth-order valence-electron chi connectivity index (χ4n) is 3.14. The first-order chi connectivity index (χ1) is 11.7. The van der Waals surface area contributed by atoms with Crippen molar-refractivity contribution in [3.8, 4) is 11.8 Å². The average Bonchev–Trinajstić information content (AvgIpc) is 2.61. The van der Waals surface area contributed by atoms with Crippen LogP contribution in [0.5, 0.6) is 5.75 Å². The SMILES string of the molecule is N#CC1=C(N)Oc2ccc3ncccc3c2[C@H]1c1ccccc1F. The van der Waals surface area contributed by atoms with E-state index >= 15 is 0 Å². The molecule has 0 fully saturated rings. The van der Waals surface area contributed by atoms with Crippen LogP contribution in [0, 0.1) is 17.1 Å². The van der Waals surface area contributed by atoms with E-state index in [1.807, 2.05) is 12.1 Å². The van der Waals surface area contributed by atoms with Crippen molar-refractivity contribution in [1.82, 2.24) is 4.98 Å². The lowest BCUT2D eigenvalue weighted by Crippen LogP contribution is -2.22. The number of pyridine rings is 1. The van der Waals surface area contributed by atoms with E-state index in [-0.39, 0.29) is 11.5 Å². The fraction of sp³-hybridized carbons (Fsp3) is 0.0526. The van der Waals surface area contributed by atoms with Crippen LogP contribution < -0.4 is 10.5 Å². The molecule has 4 nitrogen and oxygen atoms in total. The monoisotopic (exact) mass is 317 g/mol. The molecule has 116 valence electrons. The molecule has 1 aromatic heterocycles. The smallest absolute Gasteiger partial charge is 0.205 e. The van der Waals surface area contributed by atoms with Crippen LogP contribution in [0.2, 0.25) is 0 Å². The molecule has 0 radical (unpaired) electrons. The zero-order chi connectivity index (χ0) is 16.7. The van der Waals surface area contributed by atoms with Gasteiger partial charge in [0.05, 0.1) is 11.4 Å². The van der Waals surface area contributed by atoms with Crippen LogP contribution >= 0.6 is 0 Å². The third-order valence-corrected chi connectivity index (χ3v) is 4.19. The molecule has 3 aromatic rings. The van der Waals surface area contributed by atoms with E-state index < -0.39 is 11.7 Å². The Hall–Kier alpha value is -3.39. The predicted molar refractivity (Wildman–Crippen MR) is 87.4 cm³/mol. The molecule has 0 bridgehead atoms. The third-order valence-electron chi connectivity index (χ3n) is 4.19. The van der Waals surface area contributed by atoms with Gasteiger partial charge in [0.1, 0.15) is 23.2 Å². The maximum Gasteiger partial charge on any atom is 0.205 e. The number of benzene rings is 2. The summed E-state index contributed by atoms with van der Waals surface area (Å²) in [6.45, 7) is 0. The summed E-state index contributed by atoms with van der Waals surface area (Å²) in [7, 11) is 0. The van der Waals surface area contributed by atoms with Crippen molar-refractivity contribution in [2.75, 3.05) is 0 Å². The largest absolute Gasteiger partial charge is 0.440 e. The van der Waals surface area contributed by atoms with Gasteiger partial charge in [-0.15, -0.1) is 0 Å². The van der Waals surface area contributed by atoms with Crippen molar-refractivity contribution in [3.63, 3.8) is 0 Å². The maximum atomic E-state index is 14.5. The zero-order valence-corrected chi connectivity index (χ0v) is 12.5. The van der Waals surface area contributed by atoms with Crippen LogP contribution in [0.3, 0.4) is 0 Å². The second-order valence-corrected chi connectivity index (χ2v) is 5.49.